The predicted molar refractivity (Wildman–Crippen MR) is 188 cm³/mol. The van der Waals surface area contributed by atoms with Crippen molar-refractivity contribution in [2.75, 3.05) is 44.4 Å². The number of sulfonamides is 1. The van der Waals surface area contributed by atoms with Crippen LogP contribution in [0.25, 0.3) is 0 Å². The molecule has 2 amide bonds. The van der Waals surface area contributed by atoms with Crippen LogP contribution in [0.5, 0.6) is 5.75 Å². The second-order valence-electron chi connectivity index (χ2n) is 14.7. The molecule has 7 rings (SSSR count). The Morgan fingerprint density at radius 2 is 2.00 bits per heavy atom. The minimum atomic E-state index is -3.97. The van der Waals surface area contributed by atoms with Gasteiger partial charge in [0.1, 0.15) is 12.4 Å². The van der Waals surface area contributed by atoms with Gasteiger partial charge in [0.05, 0.1) is 42.9 Å². The summed E-state index contributed by atoms with van der Waals surface area (Å²) in [5, 5.41) is 2.87. The van der Waals surface area contributed by atoms with Gasteiger partial charge in [0.25, 0.3) is 5.91 Å². The molecule has 1 saturated heterocycles. The standard InChI is InChI=1S/C37H46ClN3O7S/c1-23-5-3-7-33(47-20-35(42)39-29-18-46-19-29)30-11-8-27(30)17-41-21-37(14-4-6-25-15-28(38)10-12-31(25)37)22-48-34-13-9-26(16-32(34)41)36(43)40-49(44,45)24(23)2/h3,7,9-10,12-13,15-16,23-24,27,29-30,33H,4-6,8,11,14,17-22H2,1-2H3,(H,39,42)(H,40,43)/b7-3-/t23-,24+,27-,30+,33-,37-/m0/s1. The second kappa shape index (κ2) is 13.9. The molecule has 1 saturated carbocycles. The van der Waals surface area contributed by atoms with Gasteiger partial charge in [0, 0.05) is 29.1 Å². The van der Waals surface area contributed by atoms with Crippen LogP contribution in [0.3, 0.4) is 0 Å². The average Bonchev–Trinajstić information content (AvgIpc) is 3.19. The maximum Gasteiger partial charge on any atom is 0.264 e. The van der Waals surface area contributed by atoms with Crippen molar-refractivity contribution in [1.82, 2.24) is 10.0 Å². The Labute approximate surface area is 293 Å². The van der Waals surface area contributed by atoms with Gasteiger partial charge >= 0.3 is 0 Å². The van der Waals surface area contributed by atoms with Crippen LogP contribution in [-0.2, 0) is 36.1 Å². The number of hydrogen-bond acceptors (Lipinski definition) is 8. The Bertz CT molecular complexity index is 1730. The molecular weight excluding hydrogens is 666 g/mol. The number of nitrogens with one attached hydrogen (secondary N) is 2. The molecule has 2 fully saturated rings. The van der Waals surface area contributed by atoms with E-state index in [1.165, 1.54) is 11.1 Å². The first kappa shape index (κ1) is 34.3. The smallest absolute Gasteiger partial charge is 0.264 e. The molecule has 0 unspecified atom stereocenters. The molecule has 2 N–H and O–H groups in total. The Kier molecular flexibility index (Phi) is 9.73. The van der Waals surface area contributed by atoms with E-state index < -0.39 is 21.2 Å². The molecule has 2 aromatic carbocycles. The van der Waals surface area contributed by atoms with Gasteiger partial charge in [-0.25, -0.2) is 13.1 Å². The third-order valence-electron chi connectivity index (χ3n) is 11.4. The fourth-order valence-corrected chi connectivity index (χ4v) is 9.56. The van der Waals surface area contributed by atoms with Crippen molar-refractivity contribution < 1.29 is 32.2 Å². The van der Waals surface area contributed by atoms with E-state index in [1.807, 2.05) is 25.1 Å². The summed E-state index contributed by atoms with van der Waals surface area (Å²) >= 11 is 6.44. The van der Waals surface area contributed by atoms with Crippen molar-refractivity contribution in [3.8, 4) is 5.75 Å². The molecule has 12 heteroatoms. The lowest BCUT2D eigenvalue weighted by atomic mass is 9.68. The summed E-state index contributed by atoms with van der Waals surface area (Å²) in [4.78, 5) is 28.6. The molecule has 0 aromatic heterocycles. The van der Waals surface area contributed by atoms with Crippen LogP contribution in [0, 0.1) is 17.8 Å². The predicted octanol–water partition coefficient (Wildman–Crippen LogP) is 4.78. The molecule has 264 valence electrons. The molecule has 1 spiro atoms. The molecule has 2 aromatic rings. The number of carbonyl (C=O) groups is 2. The number of halogens is 1. The van der Waals surface area contributed by atoms with Gasteiger partial charge in [-0.3, -0.25) is 9.59 Å². The first-order chi connectivity index (χ1) is 23.5. The molecule has 3 aliphatic heterocycles. The van der Waals surface area contributed by atoms with E-state index in [0.29, 0.717) is 45.1 Å². The lowest BCUT2D eigenvalue weighted by Crippen LogP contribution is -2.51. The summed E-state index contributed by atoms with van der Waals surface area (Å²) < 4.78 is 47.3. The van der Waals surface area contributed by atoms with Crippen molar-refractivity contribution in [2.24, 2.45) is 17.8 Å². The highest BCUT2D eigenvalue weighted by molar-refractivity contribution is 7.90. The van der Waals surface area contributed by atoms with E-state index in [1.54, 1.807) is 25.1 Å². The highest BCUT2D eigenvalue weighted by atomic mass is 35.5. The number of aryl methyl sites for hydroxylation is 1. The first-order valence-electron chi connectivity index (χ1n) is 17.5. The van der Waals surface area contributed by atoms with Crippen molar-refractivity contribution >= 4 is 39.1 Å². The maximum atomic E-state index is 13.5. The summed E-state index contributed by atoms with van der Waals surface area (Å²) in [6, 6.07) is 11.4. The highest BCUT2D eigenvalue weighted by Gasteiger charge is 2.45. The van der Waals surface area contributed by atoms with Crippen LogP contribution >= 0.6 is 11.6 Å². The average molecular weight is 712 g/mol. The van der Waals surface area contributed by atoms with Gasteiger partial charge in [-0.05, 0) is 105 Å². The van der Waals surface area contributed by atoms with Gasteiger partial charge in [0.15, 0.2) is 0 Å². The molecule has 5 aliphatic rings. The fraction of sp³-hybridized carbons (Fsp3) is 0.568. The molecule has 3 heterocycles. The van der Waals surface area contributed by atoms with Gasteiger partial charge in [0.2, 0.25) is 15.9 Å². The summed E-state index contributed by atoms with van der Waals surface area (Å²) in [5.74, 6) is -0.000170. The zero-order chi connectivity index (χ0) is 34.3. The van der Waals surface area contributed by atoms with Crippen LogP contribution in [0.15, 0.2) is 48.6 Å². The number of anilines is 1. The number of hydrogen-bond donors (Lipinski definition) is 2. The van der Waals surface area contributed by atoms with E-state index >= 15 is 0 Å². The van der Waals surface area contributed by atoms with E-state index in [0.717, 1.165) is 42.8 Å². The Morgan fingerprint density at radius 1 is 1.16 bits per heavy atom. The number of ether oxygens (including phenoxy) is 3. The van der Waals surface area contributed by atoms with Gasteiger partial charge < -0.3 is 24.4 Å². The number of fused-ring (bicyclic) bond motifs is 4. The summed E-state index contributed by atoms with van der Waals surface area (Å²) in [6.07, 6.45) is 9.01. The van der Waals surface area contributed by atoms with E-state index in [9.17, 15) is 18.0 Å². The van der Waals surface area contributed by atoms with E-state index in [2.05, 4.69) is 27.1 Å². The van der Waals surface area contributed by atoms with Crippen LogP contribution in [0.4, 0.5) is 5.69 Å². The lowest BCUT2D eigenvalue weighted by molar-refractivity contribution is -0.133. The normalized spacial score (nSPS) is 31.9. The van der Waals surface area contributed by atoms with E-state index in [-0.39, 0.29) is 53.4 Å². The molecule has 6 atom stereocenters. The summed E-state index contributed by atoms with van der Waals surface area (Å²) in [5.41, 5.74) is 3.23. The largest absolute Gasteiger partial charge is 0.490 e. The summed E-state index contributed by atoms with van der Waals surface area (Å²) in [6.45, 7) is 6.30. The summed E-state index contributed by atoms with van der Waals surface area (Å²) in [7, 11) is -3.97. The quantitative estimate of drug-likeness (QED) is 0.435. The fourth-order valence-electron chi connectivity index (χ4n) is 8.08. The van der Waals surface area contributed by atoms with Crippen LogP contribution in [0.1, 0.15) is 67.4 Å². The number of benzene rings is 2. The van der Waals surface area contributed by atoms with E-state index in [4.69, 9.17) is 25.8 Å². The number of nitrogens with zero attached hydrogens (tertiary/aromatic N) is 1. The van der Waals surface area contributed by atoms with Gasteiger partial charge in [-0.2, -0.15) is 0 Å². The number of amides is 2. The number of rotatable bonds is 4. The van der Waals surface area contributed by atoms with Crippen molar-refractivity contribution in [3.05, 3.63) is 70.3 Å². The van der Waals surface area contributed by atoms with Gasteiger partial charge in [-0.15, -0.1) is 0 Å². The number of carbonyl (C=O) groups excluding carboxylic acids is 2. The van der Waals surface area contributed by atoms with Crippen LogP contribution in [0.2, 0.25) is 5.02 Å². The van der Waals surface area contributed by atoms with Crippen molar-refractivity contribution in [2.45, 2.75) is 75.2 Å². The monoisotopic (exact) mass is 711 g/mol. The molecule has 10 nitrogen and oxygen atoms in total. The Morgan fingerprint density at radius 3 is 2.76 bits per heavy atom. The van der Waals surface area contributed by atoms with Crippen molar-refractivity contribution in [1.29, 1.82) is 0 Å². The Balaban J connectivity index is 1.24. The van der Waals surface area contributed by atoms with Crippen LogP contribution in [-0.4, -0.2) is 77.1 Å². The second-order valence-corrected chi connectivity index (χ2v) is 17.2. The van der Waals surface area contributed by atoms with Gasteiger partial charge in [-0.1, -0.05) is 36.7 Å². The zero-order valence-electron chi connectivity index (χ0n) is 28.2. The van der Waals surface area contributed by atoms with Crippen molar-refractivity contribution in [3.63, 3.8) is 0 Å². The molecule has 0 radical (unpaired) electrons. The molecule has 2 bridgehead atoms. The molecule has 49 heavy (non-hydrogen) atoms. The number of allylic oxidation sites excluding steroid dienone is 1. The minimum absolute atomic E-state index is 0.0216. The highest BCUT2D eigenvalue weighted by Crippen LogP contribution is 2.47. The first-order valence-corrected chi connectivity index (χ1v) is 19.5. The lowest BCUT2D eigenvalue weighted by Gasteiger charge is -2.46. The Hall–Kier alpha value is -3.12. The SMILES string of the molecule is C[C@@H]1[C@@H](C)C/C=C\[C@H](OCC(=O)NC2COC2)[C@@H]2CC[C@H]2CN2C[C@@]3(CCCc4cc(Cl)ccc43)COc3ccc(cc32)C(=O)NS1(=O)=O. The topological polar surface area (TPSA) is 123 Å². The maximum absolute atomic E-state index is 13.5. The van der Waals surface area contributed by atoms with Crippen LogP contribution < -0.4 is 19.7 Å². The third-order valence-corrected chi connectivity index (χ3v) is 13.6. The molecule has 2 aliphatic carbocycles. The molecular formula is C37H46ClN3O7S. The third kappa shape index (κ3) is 7.09. The zero-order valence-corrected chi connectivity index (χ0v) is 29.7. The minimum Gasteiger partial charge on any atom is -0.490 e.